The normalized spacial score (nSPS) is 21.4. The molecule has 2 aliphatic rings. The Morgan fingerprint density at radius 2 is 1.80 bits per heavy atom. The van der Waals surface area contributed by atoms with Crippen molar-refractivity contribution in [2.24, 2.45) is 0 Å². The number of methoxy groups -OCH3 is 1. The highest BCUT2D eigenvalue weighted by Gasteiger charge is 2.49. The lowest BCUT2D eigenvalue weighted by Gasteiger charge is -2.30. The van der Waals surface area contributed by atoms with Crippen LogP contribution in [0.5, 0.6) is 5.75 Å². The van der Waals surface area contributed by atoms with Gasteiger partial charge < -0.3 is 14.7 Å². The zero-order chi connectivity index (χ0) is 21.4. The molecule has 156 valence electrons. The van der Waals surface area contributed by atoms with Gasteiger partial charge in [0.1, 0.15) is 17.3 Å². The maximum absolute atomic E-state index is 13.5. The van der Waals surface area contributed by atoms with Crippen LogP contribution in [0.1, 0.15) is 42.9 Å². The van der Waals surface area contributed by atoms with Crippen LogP contribution in [0.2, 0.25) is 5.02 Å². The first-order chi connectivity index (χ1) is 14.4. The molecule has 5 nitrogen and oxygen atoms in total. The fourth-order valence-electron chi connectivity index (χ4n) is 4.34. The van der Waals surface area contributed by atoms with Crippen molar-refractivity contribution < 1.29 is 23.8 Å². The van der Waals surface area contributed by atoms with E-state index < -0.39 is 23.5 Å². The molecule has 0 bridgehead atoms. The van der Waals surface area contributed by atoms with Gasteiger partial charge in [0.15, 0.2) is 0 Å². The van der Waals surface area contributed by atoms with Crippen LogP contribution in [-0.2, 0) is 9.59 Å². The number of aliphatic hydroxyl groups excluding tert-OH is 1. The molecule has 1 saturated carbocycles. The lowest BCUT2D eigenvalue weighted by atomic mass is 9.94. The van der Waals surface area contributed by atoms with Crippen LogP contribution < -0.4 is 4.74 Å². The Hall–Kier alpha value is -2.86. The summed E-state index contributed by atoms with van der Waals surface area (Å²) in [5, 5.41) is 11.3. The molecule has 1 amide bonds. The number of carbonyl (C=O) groups excluding carboxylic acids is 2. The van der Waals surface area contributed by atoms with E-state index >= 15 is 0 Å². The molecule has 2 aromatic carbocycles. The van der Waals surface area contributed by atoms with Crippen molar-refractivity contribution in [2.75, 3.05) is 7.11 Å². The molecule has 1 N–H and O–H groups in total. The van der Waals surface area contributed by atoms with Crippen LogP contribution in [0.3, 0.4) is 0 Å². The fourth-order valence-corrected chi connectivity index (χ4v) is 4.55. The quantitative estimate of drug-likeness (QED) is 0.428. The van der Waals surface area contributed by atoms with E-state index in [0.717, 1.165) is 25.7 Å². The third kappa shape index (κ3) is 3.45. The molecule has 4 rings (SSSR count). The first kappa shape index (κ1) is 20.4. The lowest BCUT2D eigenvalue weighted by molar-refractivity contribution is -0.141. The predicted molar refractivity (Wildman–Crippen MR) is 111 cm³/mol. The number of hydrogen-bond donors (Lipinski definition) is 1. The topological polar surface area (TPSA) is 66.8 Å². The molecule has 1 saturated heterocycles. The lowest BCUT2D eigenvalue weighted by Crippen LogP contribution is -2.37. The number of nitrogens with zero attached hydrogens (tertiary/aromatic N) is 1. The second-order valence-electron chi connectivity index (χ2n) is 7.54. The van der Waals surface area contributed by atoms with Crippen molar-refractivity contribution >= 4 is 29.1 Å². The van der Waals surface area contributed by atoms with Crippen molar-refractivity contribution in [1.29, 1.82) is 0 Å². The molecule has 1 aliphatic carbocycles. The van der Waals surface area contributed by atoms with Crippen LogP contribution >= 0.6 is 11.6 Å². The van der Waals surface area contributed by atoms with E-state index in [-0.39, 0.29) is 28.0 Å². The van der Waals surface area contributed by atoms with Crippen LogP contribution in [0, 0.1) is 5.82 Å². The maximum Gasteiger partial charge on any atom is 0.295 e. The van der Waals surface area contributed by atoms with E-state index in [0.29, 0.717) is 11.3 Å². The summed E-state index contributed by atoms with van der Waals surface area (Å²) in [5.41, 5.74) is 0.712. The zero-order valence-electron chi connectivity index (χ0n) is 16.4. The Morgan fingerprint density at radius 1 is 1.13 bits per heavy atom. The van der Waals surface area contributed by atoms with Crippen LogP contribution in [0.25, 0.3) is 5.76 Å². The fraction of sp³-hybridized carbons (Fsp3) is 0.304. The summed E-state index contributed by atoms with van der Waals surface area (Å²) in [5.74, 6) is -1.77. The number of benzene rings is 2. The van der Waals surface area contributed by atoms with Crippen LogP contribution in [0.4, 0.5) is 4.39 Å². The number of ketones is 1. The van der Waals surface area contributed by atoms with Crippen molar-refractivity contribution in [3.63, 3.8) is 0 Å². The Bertz CT molecular complexity index is 1030. The summed E-state index contributed by atoms with van der Waals surface area (Å²) in [4.78, 5) is 27.6. The highest BCUT2D eigenvalue weighted by Crippen LogP contribution is 2.44. The molecule has 1 unspecified atom stereocenters. The number of ether oxygens (including phenoxy) is 1. The summed E-state index contributed by atoms with van der Waals surface area (Å²) in [6.45, 7) is 0. The van der Waals surface area contributed by atoms with Crippen molar-refractivity contribution in [1.82, 2.24) is 4.90 Å². The van der Waals surface area contributed by atoms with Gasteiger partial charge in [-0.15, -0.1) is 0 Å². The van der Waals surface area contributed by atoms with E-state index in [2.05, 4.69) is 0 Å². The van der Waals surface area contributed by atoms with E-state index in [4.69, 9.17) is 16.3 Å². The zero-order valence-corrected chi connectivity index (χ0v) is 17.2. The van der Waals surface area contributed by atoms with Crippen molar-refractivity contribution in [3.05, 3.63) is 70.0 Å². The van der Waals surface area contributed by atoms with Gasteiger partial charge in [-0.2, -0.15) is 0 Å². The predicted octanol–water partition coefficient (Wildman–Crippen LogP) is 4.85. The minimum absolute atomic E-state index is 0.0475. The maximum atomic E-state index is 13.5. The SMILES string of the molecule is COc1ccc(Cl)c(/C(O)=C2\C(=O)C(=O)N(C3CCCC3)C2c2ccc(F)cc2)c1. The first-order valence-corrected chi connectivity index (χ1v) is 10.2. The number of likely N-dealkylation sites (tertiary alicyclic amines) is 1. The van der Waals surface area contributed by atoms with Gasteiger partial charge in [-0.1, -0.05) is 36.6 Å². The molecule has 0 radical (unpaired) electrons. The molecule has 2 fully saturated rings. The summed E-state index contributed by atoms with van der Waals surface area (Å²) in [6, 6.07) is 9.41. The molecule has 2 aromatic rings. The molecule has 7 heteroatoms. The Balaban J connectivity index is 1.91. The van der Waals surface area contributed by atoms with E-state index in [1.807, 2.05) is 0 Å². The molecular formula is C23H21ClFNO4. The van der Waals surface area contributed by atoms with Gasteiger partial charge in [0.2, 0.25) is 0 Å². The van der Waals surface area contributed by atoms with Crippen LogP contribution in [-0.4, -0.2) is 34.8 Å². The average molecular weight is 430 g/mol. The molecule has 1 aliphatic heterocycles. The summed E-state index contributed by atoms with van der Waals surface area (Å²) in [7, 11) is 1.48. The van der Waals surface area contributed by atoms with Gasteiger partial charge in [0.25, 0.3) is 11.7 Å². The second kappa shape index (κ2) is 8.11. The van der Waals surface area contributed by atoms with Gasteiger partial charge in [-0.25, -0.2) is 4.39 Å². The van der Waals surface area contributed by atoms with Gasteiger partial charge in [0, 0.05) is 11.6 Å². The molecule has 30 heavy (non-hydrogen) atoms. The number of hydrogen-bond acceptors (Lipinski definition) is 4. The number of halogens is 2. The van der Waals surface area contributed by atoms with E-state index in [9.17, 15) is 19.1 Å². The van der Waals surface area contributed by atoms with E-state index in [1.54, 1.807) is 17.0 Å². The minimum atomic E-state index is -0.809. The first-order valence-electron chi connectivity index (χ1n) is 9.82. The minimum Gasteiger partial charge on any atom is -0.507 e. The highest BCUT2D eigenvalue weighted by atomic mass is 35.5. The summed E-state index contributed by atoms with van der Waals surface area (Å²) in [6.07, 6.45) is 3.49. The Morgan fingerprint density at radius 3 is 2.43 bits per heavy atom. The van der Waals surface area contributed by atoms with Crippen molar-refractivity contribution in [3.8, 4) is 5.75 Å². The largest absolute Gasteiger partial charge is 0.507 e. The number of aliphatic hydroxyl groups is 1. The van der Waals surface area contributed by atoms with Gasteiger partial charge in [-0.3, -0.25) is 9.59 Å². The number of rotatable bonds is 4. The molecule has 0 spiro atoms. The number of amides is 1. The smallest absolute Gasteiger partial charge is 0.295 e. The van der Waals surface area contributed by atoms with Gasteiger partial charge >= 0.3 is 0 Å². The average Bonchev–Trinajstić information content (AvgIpc) is 3.36. The third-order valence-electron chi connectivity index (χ3n) is 5.81. The summed E-state index contributed by atoms with van der Waals surface area (Å²) < 4.78 is 18.7. The molecule has 1 heterocycles. The molecular weight excluding hydrogens is 409 g/mol. The molecule has 0 aromatic heterocycles. The van der Waals surface area contributed by atoms with Gasteiger partial charge in [0.05, 0.1) is 23.7 Å². The third-order valence-corrected chi connectivity index (χ3v) is 6.14. The number of Topliss-reactive ketones (excluding diaryl/α,β-unsaturated/α-hetero) is 1. The highest BCUT2D eigenvalue weighted by molar-refractivity contribution is 6.47. The number of carbonyl (C=O) groups is 2. The second-order valence-corrected chi connectivity index (χ2v) is 7.95. The molecule has 1 atom stereocenters. The Kier molecular flexibility index (Phi) is 5.52. The van der Waals surface area contributed by atoms with E-state index in [1.165, 1.54) is 37.4 Å². The van der Waals surface area contributed by atoms with Crippen LogP contribution in [0.15, 0.2) is 48.0 Å². The standard InChI is InChI=1S/C23H21ClFNO4/c1-30-16-10-11-18(24)17(12-16)21(27)19-20(13-6-8-14(25)9-7-13)26(23(29)22(19)28)15-4-2-3-5-15/h6-12,15,20,27H,2-5H2,1H3/b21-19+. The summed E-state index contributed by atoms with van der Waals surface area (Å²) >= 11 is 6.28. The Labute approximate surface area is 178 Å². The van der Waals surface area contributed by atoms with Gasteiger partial charge in [-0.05, 0) is 48.7 Å². The monoisotopic (exact) mass is 429 g/mol. The van der Waals surface area contributed by atoms with Crippen molar-refractivity contribution in [2.45, 2.75) is 37.8 Å².